The van der Waals surface area contributed by atoms with Gasteiger partial charge in [-0.1, -0.05) is 0 Å². The molecule has 2 N–H and O–H groups in total. The van der Waals surface area contributed by atoms with Gasteiger partial charge in [0, 0.05) is 25.0 Å². The minimum atomic E-state index is -0.260. The molecule has 1 aromatic carbocycles. The number of anilines is 1. The quantitative estimate of drug-likeness (QED) is 0.657. The number of thiocarbonyl (C=S) groups is 1. The Labute approximate surface area is 123 Å². The van der Waals surface area contributed by atoms with Gasteiger partial charge in [-0.3, -0.25) is 4.68 Å². The Balaban J connectivity index is 1.66. The van der Waals surface area contributed by atoms with Crippen LogP contribution in [0.25, 0.3) is 0 Å². The van der Waals surface area contributed by atoms with Crippen molar-refractivity contribution in [1.82, 2.24) is 15.1 Å². The molecule has 0 spiro atoms. The highest BCUT2D eigenvalue weighted by molar-refractivity contribution is 7.80. The maximum atomic E-state index is 12.8. The van der Waals surface area contributed by atoms with Crippen molar-refractivity contribution in [2.24, 2.45) is 0 Å². The van der Waals surface area contributed by atoms with Crippen molar-refractivity contribution in [2.45, 2.75) is 19.9 Å². The molecule has 6 heteroatoms. The van der Waals surface area contributed by atoms with Gasteiger partial charge in [-0.25, -0.2) is 4.39 Å². The Kier molecular flexibility index (Phi) is 5.06. The van der Waals surface area contributed by atoms with Crippen molar-refractivity contribution in [2.75, 3.05) is 11.9 Å². The first-order valence-corrected chi connectivity index (χ1v) is 6.84. The van der Waals surface area contributed by atoms with E-state index in [0.717, 1.165) is 30.8 Å². The van der Waals surface area contributed by atoms with E-state index in [1.165, 1.54) is 12.1 Å². The summed E-state index contributed by atoms with van der Waals surface area (Å²) in [5.41, 5.74) is 1.93. The summed E-state index contributed by atoms with van der Waals surface area (Å²) in [6.45, 7) is 3.62. The lowest BCUT2D eigenvalue weighted by Gasteiger charge is -2.10. The zero-order chi connectivity index (χ0) is 14.4. The molecule has 0 aliphatic carbocycles. The molecule has 0 saturated heterocycles. The number of aryl methyl sites for hydroxylation is 2. The fourth-order valence-corrected chi connectivity index (χ4v) is 1.96. The highest BCUT2D eigenvalue weighted by Gasteiger charge is 1.98. The van der Waals surface area contributed by atoms with Crippen LogP contribution in [0.15, 0.2) is 36.7 Å². The van der Waals surface area contributed by atoms with Gasteiger partial charge in [0.25, 0.3) is 0 Å². The molecule has 20 heavy (non-hydrogen) atoms. The molecule has 2 aromatic rings. The third-order valence-corrected chi connectivity index (χ3v) is 2.96. The van der Waals surface area contributed by atoms with E-state index in [2.05, 4.69) is 15.7 Å². The fourth-order valence-electron chi connectivity index (χ4n) is 1.74. The molecule has 2 rings (SSSR count). The van der Waals surface area contributed by atoms with E-state index in [0.29, 0.717) is 5.11 Å². The third kappa shape index (κ3) is 4.62. The summed E-state index contributed by atoms with van der Waals surface area (Å²) < 4.78 is 14.7. The number of aromatic nitrogens is 2. The second-order valence-corrected chi connectivity index (χ2v) is 4.93. The second-order valence-electron chi connectivity index (χ2n) is 4.52. The summed E-state index contributed by atoms with van der Waals surface area (Å²) in [7, 11) is 0. The molecular weight excluding hydrogens is 275 g/mol. The number of halogens is 1. The molecule has 0 bridgehead atoms. The molecule has 0 aliphatic rings. The Morgan fingerprint density at radius 3 is 2.75 bits per heavy atom. The molecule has 4 nitrogen and oxygen atoms in total. The van der Waals surface area contributed by atoms with Gasteiger partial charge in [0.2, 0.25) is 0 Å². The molecule has 106 valence electrons. The Morgan fingerprint density at radius 2 is 2.10 bits per heavy atom. The zero-order valence-corrected chi connectivity index (χ0v) is 12.1. The zero-order valence-electron chi connectivity index (χ0n) is 11.3. The second kappa shape index (κ2) is 7.00. The molecule has 1 heterocycles. The number of hydrogen-bond donors (Lipinski definition) is 2. The summed E-state index contributed by atoms with van der Waals surface area (Å²) in [5.74, 6) is -0.260. The Hall–Kier alpha value is -1.95. The number of nitrogens with one attached hydrogen (secondary N) is 2. The summed E-state index contributed by atoms with van der Waals surface area (Å²) in [6.07, 6.45) is 4.77. The number of hydrogen-bond acceptors (Lipinski definition) is 2. The van der Waals surface area contributed by atoms with Crippen LogP contribution in [0.5, 0.6) is 0 Å². The molecular formula is C14H17FN4S. The molecule has 0 atom stereocenters. The van der Waals surface area contributed by atoms with E-state index in [-0.39, 0.29) is 5.82 Å². The average Bonchev–Trinajstić information content (AvgIpc) is 2.83. The smallest absolute Gasteiger partial charge is 0.170 e. The maximum absolute atomic E-state index is 12.8. The van der Waals surface area contributed by atoms with Crippen molar-refractivity contribution < 1.29 is 4.39 Å². The third-order valence-electron chi connectivity index (χ3n) is 2.71. The van der Waals surface area contributed by atoms with Crippen LogP contribution in [0.2, 0.25) is 0 Å². The van der Waals surface area contributed by atoms with Crippen LogP contribution in [0.3, 0.4) is 0 Å². The predicted octanol–water partition coefficient (Wildman–Crippen LogP) is 2.71. The van der Waals surface area contributed by atoms with Crippen LogP contribution in [0, 0.1) is 12.7 Å². The number of benzene rings is 1. The number of nitrogens with zero attached hydrogens (tertiary/aromatic N) is 2. The van der Waals surface area contributed by atoms with Crippen LogP contribution in [-0.4, -0.2) is 21.4 Å². The average molecular weight is 292 g/mol. The minimum absolute atomic E-state index is 0.260. The summed E-state index contributed by atoms with van der Waals surface area (Å²) in [5, 5.41) is 10.9. The maximum Gasteiger partial charge on any atom is 0.170 e. The summed E-state index contributed by atoms with van der Waals surface area (Å²) in [4.78, 5) is 0. The molecule has 0 fully saturated rings. The molecule has 0 amide bonds. The van der Waals surface area contributed by atoms with Gasteiger partial charge in [-0.15, -0.1) is 0 Å². The Bertz CT molecular complexity index is 565. The van der Waals surface area contributed by atoms with Gasteiger partial charge < -0.3 is 10.6 Å². The monoisotopic (exact) mass is 292 g/mol. The summed E-state index contributed by atoms with van der Waals surface area (Å²) >= 11 is 5.16. The normalized spacial score (nSPS) is 10.3. The van der Waals surface area contributed by atoms with Crippen LogP contribution in [0.4, 0.5) is 10.1 Å². The van der Waals surface area contributed by atoms with Crippen molar-refractivity contribution in [3.8, 4) is 0 Å². The van der Waals surface area contributed by atoms with Crippen molar-refractivity contribution in [1.29, 1.82) is 0 Å². The SMILES string of the molecule is Cc1cnn(CCCNC(=S)Nc2ccc(F)cc2)c1. The predicted molar refractivity (Wildman–Crippen MR) is 82.2 cm³/mol. The van der Waals surface area contributed by atoms with Gasteiger partial charge in [-0.2, -0.15) is 5.10 Å². The van der Waals surface area contributed by atoms with E-state index < -0.39 is 0 Å². The highest BCUT2D eigenvalue weighted by atomic mass is 32.1. The van der Waals surface area contributed by atoms with Crippen LogP contribution in [0.1, 0.15) is 12.0 Å². The first-order valence-electron chi connectivity index (χ1n) is 6.43. The lowest BCUT2D eigenvalue weighted by molar-refractivity contribution is 0.573. The number of rotatable bonds is 5. The largest absolute Gasteiger partial charge is 0.362 e. The van der Waals surface area contributed by atoms with Gasteiger partial charge in [-0.05, 0) is 55.4 Å². The van der Waals surface area contributed by atoms with Crippen molar-refractivity contribution >= 4 is 23.0 Å². The van der Waals surface area contributed by atoms with Gasteiger partial charge in [0.05, 0.1) is 6.20 Å². The molecule has 0 aliphatic heterocycles. The molecule has 1 aromatic heterocycles. The van der Waals surface area contributed by atoms with E-state index in [1.54, 1.807) is 12.1 Å². The fraction of sp³-hybridized carbons (Fsp3) is 0.286. The van der Waals surface area contributed by atoms with Gasteiger partial charge in [0.15, 0.2) is 5.11 Å². The van der Waals surface area contributed by atoms with Crippen LogP contribution >= 0.6 is 12.2 Å². The standard InChI is InChI=1S/C14H17FN4S/c1-11-9-17-19(10-11)8-2-7-16-14(20)18-13-5-3-12(15)4-6-13/h3-6,9-10H,2,7-8H2,1H3,(H2,16,18,20). The van der Waals surface area contributed by atoms with Crippen molar-refractivity contribution in [3.05, 3.63) is 48.0 Å². The molecule has 0 radical (unpaired) electrons. The van der Waals surface area contributed by atoms with E-state index in [1.807, 2.05) is 24.0 Å². The lowest BCUT2D eigenvalue weighted by Crippen LogP contribution is -2.29. The summed E-state index contributed by atoms with van der Waals surface area (Å²) in [6, 6.07) is 6.08. The van der Waals surface area contributed by atoms with Gasteiger partial charge in [0.1, 0.15) is 5.82 Å². The topological polar surface area (TPSA) is 41.9 Å². The first kappa shape index (κ1) is 14.5. The van der Waals surface area contributed by atoms with E-state index >= 15 is 0 Å². The highest BCUT2D eigenvalue weighted by Crippen LogP contribution is 2.07. The van der Waals surface area contributed by atoms with Gasteiger partial charge >= 0.3 is 0 Å². The Morgan fingerprint density at radius 1 is 1.35 bits per heavy atom. The van der Waals surface area contributed by atoms with Crippen molar-refractivity contribution in [3.63, 3.8) is 0 Å². The lowest BCUT2D eigenvalue weighted by atomic mass is 10.3. The van der Waals surface area contributed by atoms with E-state index in [9.17, 15) is 4.39 Å². The van der Waals surface area contributed by atoms with E-state index in [4.69, 9.17) is 12.2 Å². The molecule has 0 saturated carbocycles. The first-order chi connectivity index (χ1) is 9.63. The minimum Gasteiger partial charge on any atom is -0.362 e. The van der Waals surface area contributed by atoms with Crippen LogP contribution < -0.4 is 10.6 Å². The van der Waals surface area contributed by atoms with Crippen LogP contribution in [-0.2, 0) is 6.54 Å². The molecule has 0 unspecified atom stereocenters.